The summed E-state index contributed by atoms with van der Waals surface area (Å²) in [6, 6.07) is 7.92. The summed E-state index contributed by atoms with van der Waals surface area (Å²) in [5.74, 6) is 0.760. The number of hydrogen-bond acceptors (Lipinski definition) is 5. The summed E-state index contributed by atoms with van der Waals surface area (Å²) in [7, 11) is 3.51. The van der Waals surface area contributed by atoms with Crippen LogP contribution in [0.1, 0.15) is 12.0 Å². The van der Waals surface area contributed by atoms with Gasteiger partial charge in [-0.3, -0.25) is 4.79 Å². The molecular formula is C13H17N5OS. The maximum Gasteiger partial charge on any atom is 0.222 e. The smallest absolute Gasteiger partial charge is 0.222 e. The molecule has 1 aromatic heterocycles. The molecule has 0 spiro atoms. The van der Waals surface area contributed by atoms with E-state index in [-0.39, 0.29) is 5.91 Å². The lowest BCUT2D eigenvalue weighted by Crippen LogP contribution is -2.21. The summed E-state index contributed by atoms with van der Waals surface area (Å²) in [4.78, 5) is 13.1. The van der Waals surface area contributed by atoms with Gasteiger partial charge in [0, 0.05) is 26.3 Å². The number of aryl methyl sites for hydroxylation is 1. The number of benzene rings is 1. The van der Waals surface area contributed by atoms with Crippen molar-refractivity contribution in [1.82, 2.24) is 25.1 Å². The molecule has 106 valence electrons. The van der Waals surface area contributed by atoms with Gasteiger partial charge in [-0.2, -0.15) is 4.68 Å². The Morgan fingerprint density at radius 3 is 2.80 bits per heavy atom. The number of carbonyl (C=O) groups is 1. The average molecular weight is 291 g/mol. The quantitative estimate of drug-likeness (QED) is 0.782. The average Bonchev–Trinajstić information content (AvgIpc) is 2.87. The fourth-order valence-electron chi connectivity index (χ4n) is 1.67. The van der Waals surface area contributed by atoms with Gasteiger partial charge in [0.2, 0.25) is 11.1 Å². The molecule has 0 aliphatic carbocycles. The van der Waals surface area contributed by atoms with E-state index in [0.29, 0.717) is 17.3 Å². The molecule has 0 N–H and O–H groups in total. The summed E-state index contributed by atoms with van der Waals surface area (Å²) in [6.07, 6.45) is 0.471. The van der Waals surface area contributed by atoms with E-state index in [1.54, 1.807) is 23.7 Å². The number of thioether (sulfide) groups is 1. The SMILES string of the molecule is Cc1ccccc1-n1nnnc1SCCC(=O)N(C)C. The van der Waals surface area contributed by atoms with Crippen LogP contribution >= 0.6 is 11.8 Å². The molecule has 0 radical (unpaired) electrons. The lowest BCUT2D eigenvalue weighted by Gasteiger charge is -2.10. The van der Waals surface area contributed by atoms with Gasteiger partial charge in [0.1, 0.15) is 0 Å². The van der Waals surface area contributed by atoms with E-state index in [4.69, 9.17) is 0 Å². The normalized spacial score (nSPS) is 10.6. The summed E-state index contributed by atoms with van der Waals surface area (Å²) in [5, 5.41) is 12.5. The molecule has 0 atom stereocenters. The first-order valence-electron chi connectivity index (χ1n) is 6.27. The van der Waals surface area contributed by atoms with E-state index >= 15 is 0 Å². The summed E-state index contributed by atoms with van der Waals surface area (Å²) < 4.78 is 1.71. The Hall–Kier alpha value is -1.89. The Balaban J connectivity index is 2.06. The lowest BCUT2D eigenvalue weighted by atomic mass is 10.2. The van der Waals surface area contributed by atoms with E-state index in [0.717, 1.165) is 11.3 Å². The van der Waals surface area contributed by atoms with Crippen LogP contribution in [-0.4, -0.2) is 50.9 Å². The fraction of sp³-hybridized carbons (Fsp3) is 0.385. The summed E-state index contributed by atoms with van der Waals surface area (Å²) in [5.41, 5.74) is 2.06. The van der Waals surface area contributed by atoms with Crippen molar-refractivity contribution >= 4 is 17.7 Å². The first kappa shape index (κ1) is 14.5. The fourth-order valence-corrected chi connectivity index (χ4v) is 2.49. The zero-order chi connectivity index (χ0) is 14.5. The van der Waals surface area contributed by atoms with Crippen molar-refractivity contribution in [3.8, 4) is 5.69 Å². The van der Waals surface area contributed by atoms with E-state index in [1.165, 1.54) is 11.8 Å². The molecule has 20 heavy (non-hydrogen) atoms. The van der Waals surface area contributed by atoms with E-state index in [9.17, 15) is 4.79 Å². The highest BCUT2D eigenvalue weighted by Crippen LogP contribution is 2.20. The number of aromatic nitrogens is 4. The van der Waals surface area contributed by atoms with Gasteiger partial charge in [-0.15, -0.1) is 5.10 Å². The second-order valence-electron chi connectivity index (χ2n) is 4.55. The Bertz CT molecular complexity index is 596. The van der Waals surface area contributed by atoms with Crippen LogP contribution in [0.3, 0.4) is 0 Å². The molecule has 0 bridgehead atoms. The van der Waals surface area contributed by atoms with E-state index in [1.807, 2.05) is 31.2 Å². The number of rotatable bonds is 5. The van der Waals surface area contributed by atoms with Crippen LogP contribution in [0, 0.1) is 6.92 Å². The van der Waals surface area contributed by atoms with Crippen molar-refractivity contribution in [1.29, 1.82) is 0 Å². The molecule has 7 heteroatoms. The lowest BCUT2D eigenvalue weighted by molar-refractivity contribution is -0.128. The van der Waals surface area contributed by atoms with Gasteiger partial charge in [-0.05, 0) is 29.0 Å². The largest absolute Gasteiger partial charge is 0.349 e. The molecule has 1 amide bonds. The van der Waals surface area contributed by atoms with Gasteiger partial charge in [-0.1, -0.05) is 30.0 Å². The van der Waals surface area contributed by atoms with Gasteiger partial charge >= 0.3 is 0 Å². The zero-order valence-electron chi connectivity index (χ0n) is 11.8. The minimum absolute atomic E-state index is 0.104. The van der Waals surface area contributed by atoms with Crippen molar-refractivity contribution in [2.45, 2.75) is 18.5 Å². The molecular weight excluding hydrogens is 274 g/mol. The van der Waals surface area contributed by atoms with E-state index < -0.39 is 0 Å². The van der Waals surface area contributed by atoms with Gasteiger partial charge in [0.15, 0.2) is 0 Å². The highest BCUT2D eigenvalue weighted by Gasteiger charge is 2.12. The number of nitrogens with zero attached hydrogens (tertiary/aromatic N) is 5. The molecule has 0 saturated heterocycles. The zero-order valence-corrected chi connectivity index (χ0v) is 12.6. The van der Waals surface area contributed by atoms with Gasteiger partial charge in [-0.25, -0.2) is 0 Å². The molecule has 0 fully saturated rings. The maximum absolute atomic E-state index is 11.5. The van der Waals surface area contributed by atoms with Crippen LogP contribution in [0.4, 0.5) is 0 Å². The molecule has 2 aromatic rings. The maximum atomic E-state index is 11.5. The number of carbonyl (C=O) groups excluding carboxylic acids is 1. The van der Waals surface area contributed by atoms with Crippen LogP contribution < -0.4 is 0 Å². The van der Waals surface area contributed by atoms with Crippen LogP contribution in [0.2, 0.25) is 0 Å². The van der Waals surface area contributed by atoms with Crippen LogP contribution in [-0.2, 0) is 4.79 Å². The molecule has 6 nitrogen and oxygen atoms in total. The Morgan fingerprint density at radius 2 is 2.10 bits per heavy atom. The highest BCUT2D eigenvalue weighted by atomic mass is 32.2. The van der Waals surface area contributed by atoms with Crippen LogP contribution in [0.15, 0.2) is 29.4 Å². The van der Waals surface area contributed by atoms with Crippen molar-refractivity contribution < 1.29 is 4.79 Å². The topological polar surface area (TPSA) is 63.9 Å². The number of amides is 1. The number of hydrogen-bond donors (Lipinski definition) is 0. The van der Waals surface area contributed by atoms with E-state index in [2.05, 4.69) is 15.5 Å². The Morgan fingerprint density at radius 1 is 1.35 bits per heavy atom. The Labute approximate surface area is 122 Å². The summed E-state index contributed by atoms with van der Waals surface area (Å²) >= 11 is 1.48. The standard InChI is InChI=1S/C13H17N5OS/c1-10-6-4-5-7-11(10)18-13(14-15-16-18)20-9-8-12(19)17(2)3/h4-7H,8-9H2,1-3H3. The van der Waals surface area contributed by atoms with Crippen molar-refractivity contribution in [3.05, 3.63) is 29.8 Å². The number of tetrazole rings is 1. The third-order valence-electron chi connectivity index (χ3n) is 2.83. The van der Waals surface area contributed by atoms with Crippen LogP contribution in [0.25, 0.3) is 5.69 Å². The molecule has 0 aliphatic heterocycles. The molecule has 2 rings (SSSR count). The molecule has 1 heterocycles. The Kier molecular flexibility index (Phi) is 4.73. The second-order valence-corrected chi connectivity index (χ2v) is 5.61. The van der Waals surface area contributed by atoms with Gasteiger partial charge < -0.3 is 4.90 Å². The highest BCUT2D eigenvalue weighted by molar-refractivity contribution is 7.99. The van der Waals surface area contributed by atoms with Crippen molar-refractivity contribution in [2.75, 3.05) is 19.8 Å². The minimum atomic E-state index is 0.104. The molecule has 0 unspecified atom stereocenters. The first-order valence-corrected chi connectivity index (χ1v) is 7.25. The van der Waals surface area contributed by atoms with Crippen LogP contribution in [0.5, 0.6) is 0 Å². The third kappa shape index (κ3) is 3.36. The molecule has 1 aromatic carbocycles. The minimum Gasteiger partial charge on any atom is -0.349 e. The molecule has 0 saturated carbocycles. The number of para-hydroxylation sites is 1. The van der Waals surface area contributed by atoms with Gasteiger partial charge in [0.05, 0.1) is 5.69 Å². The molecule has 0 aliphatic rings. The predicted octanol–water partition coefficient (Wildman–Crippen LogP) is 1.54. The van der Waals surface area contributed by atoms with Crippen molar-refractivity contribution in [2.24, 2.45) is 0 Å². The predicted molar refractivity (Wildman–Crippen MR) is 77.9 cm³/mol. The third-order valence-corrected chi connectivity index (χ3v) is 3.75. The monoisotopic (exact) mass is 291 g/mol. The van der Waals surface area contributed by atoms with Gasteiger partial charge in [0.25, 0.3) is 0 Å². The summed E-state index contributed by atoms with van der Waals surface area (Å²) in [6.45, 7) is 2.01. The second kappa shape index (κ2) is 6.51. The van der Waals surface area contributed by atoms with Crippen molar-refractivity contribution in [3.63, 3.8) is 0 Å². The first-order chi connectivity index (χ1) is 9.59.